The number of carbonyl (C=O) groups excluding carboxylic acids is 1. The van der Waals surface area contributed by atoms with Gasteiger partial charge in [-0.25, -0.2) is 8.42 Å². The number of amides is 1. The Morgan fingerprint density at radius 3 is 2.25 bits per heavy atom. The molecule has 0 atom stereocenters. The lowest BCUT2D eigenvalue weighted by atomic mass is 9.84. The lowest BCUT2D eigenvalue weighted by molar-refractivity contribution is 0.0939. The number of sulfone groups is 1. The molecule has 0 radical (unpaired) electrons. The van der Waals surface area contributed by atoms with E-state index in [9.17, 15) is 13.2 Å². The second-order valence-corrected chi connectivity index (χ2v) is 10.0. The average molecular weight is 404 g/mol. The van der Waals surface area contributed by atoms with Crippen molar-refractivity contribution in [3.05, 3.63) is 59.2 Å². The third-order valence-electron chi connectivity index (χ3n) is 4.51. The highest BCUT2D eigenvalue weighted by atomic mass is 32.2. The summed E-state index contributed by atoms with van der Waals surface area (Å²) in [7, 11) is -3.43. The number of hydrogen-bond acceptors (Lipinski definition) is 4. The molecule has 0 aromatic heterocycles. The third-order valence-corrected chi connectivity index (χ3v) is 5.62. The smallest absolute Gasteiger partial charge is 0.255 e. The molecule has 0 aliphatic carbocycles. The van der Waals surface area contributed by atoms with E-state index in [1.54, 1.807) is 0 Å². The number of nitrogens with one attached hydrogen (secondary N) is 1. The molecule has 0 aliphatic rings. The molecule has 1 amide bonds. The van der Waals surface area contributed by atoms with Gasteiger partial charge in [0.1, 0.15) is 5.75 Å². The molecule has 2 rings (SSSR count). The fraction of sp³-hybridized carbons (Fsp3) is 0.409. The van der Waals surface area contributed by atoms with Crippen molar-refractivity contribution >= 4 is 15.7 Å². The highest BCUT2D eigenvalue weighted by molar-refractivity contribution is 7.90. The maximum absolute atomic E-state index is 12.9. The highest BCUT2D eigenvalue weighted by Gasteiger charge is 2.24. The van der Waals surface area contributed by atoms with Gasteiger partial charge in [-0.05, 0) is 44.5 Å². The molecule has 5 nitrogen and oxygen atoms in total. The number of benzene rings is 2. The van der Waals surface area contributed by atoms with Gasteiger partial charge in [-0.2, -0.15) is 0 Å². The van der Waals surface area contributed by atoms with Gasteiger partial charge in [-0.15, -0.1) is 0 Å². The molecule has 1 N–H and O–H groups in total. The molecule has 2 aromatic rings. The zero-order chi connectivity index (χ0) is 21.1. The second-order valence-electron chi connectivity index (χ2n) is 8.03. The Balaban J connectivity index is 2.27. The maximum atomic E-state index is 12.9. The van der Waals surface area contributed by atoms with E-state index in [0.29, 0.717) is 12.3 Å². The molecule has 0 spiro atoms. The van der Waals surface area contributed by atoms with Crippen LogP contribution in [0.3, 0.4) is 0 Å². The summed E-state index contributed by atoms with van der Waals surface area (Å²) in [4.78, 5) is 13.0. The van der Waals surface area contributed by atoms with Gasteiger partial charge in [-0.3, -0.25) is 4.79 Å². The van der Waals surface area contributed by atoms with Crippen LogP contribution in [0.15, 0.2) is 47.4 Å². The van der Waals surface area contributed by atoms with Gasteiger partial charge >= 0.3 is 0 Å². The quantitative estimate of drug-likeness (QED) is 0.761. The molecule has 0 saturated carbocycles. The van der Waals surface area contributed by atoms with Crippen LogP contribution < -0.4 is 10.1 Å². The van der Waals surface area contributed by atoms with Crippen molar-refractivity contribution in [1.82, 2.24) is 5.32 Å². The number of hydrogen-bond donors (Lipinski definition) is 1. The van der Waals surface area contributed by atoms with Crippen LogP contribution in [0.4, 0.5) is 0 Å². The van der Waals surface area contributed by atoms with E-state index in [0.717, 1.165) is 11.8 Å². The summed E-state index contributed by atoms with van der Waals surface area (Å²) in [6.07, 6.45) is 0.979. The Bertz CT molecular complexity index is 945. The summed E-state index contributed by atoms with van der Waals surface area (Å²) in [5, 5.41) is 2.93. The van der Waals surface area contributed by atoms with Gasteiger partial charge in [0, 0.05) is 18.2 Å². The van der Waals surface area contributed by atoms with E-state index in [2.05, 4.69) is 31.3 Å². The minimum absolute atomic E-state index is 0.0894. The van der Waals surface area contributed by atoms with Crippen molar-refractivity contribution in [3.8, 4) is 5.75 Å². The summed E-state index contributed by atoms with van der Waals surface area (Å²) >= 11 is 0. The van der Waals surface area contributed by atoms with Crippen LogP contribution in [0, 0.1) is 6.92 Å². The Morgan fingerprint density at radius 2 is 1.71 bits per heavy atom. The van der Waals surface area contributed by atoms with Crippen molar-refractivity contribution in [2.75, 3.05) is 12.8 Å². The zero-order valence-corrected chi connectivity index (χ0v) is 18.2. The summed E-state index contributed by atoms with van der Waals surface area (Å²) < 4.78 is 29.5. The topological polar surface area (TPSA) is 72.5 Å². The van der Waals surface area contributed by atoms with Crippen molar-refractivity contribution < 1.29 is 17.9 Å². The van der Waals surface area contributed by atoms with E-state index in [1.807, 2.05) is 32.9 Å². The first kappa shape index (κ1) is 22.0. The van der Waals surface area contributed by atoms with Crippen LogP contribution >= 0.6 is 0 Å². The lowest BCUT2D eigenvalue weighted by Crippen LogP contribution is -2.37. The number of aryl methyl sites for hydroxylation is 1. The minimum atomic E-state index is -3.43. The normalized spacial score (nSPS) is 12.1. The average Bonchev–Trinajstić information content (AvgIpc) is 2.59. The highest BCUT2D eigenvalue weighted by Crippen LogP contribution is 2.26. The van der Waals surface area contributed by atoms with E-state index < -0.39 is 9.84 Å². The van der Waals surface area contributed by atoms with Crippen LogP contribution in [-0.4, -0.2) is 33.2 Å². The Hall–Kier alpha value is -2.34. The number of carbonyl (C=O) groups is 1. The Labute approximate surface area is 168 Å². The molecule has 28 heavy (non-hydrogen) atoms. The molecule has 152 valence electrons. The SMILES string of the molecule is Cc1ccc(C(C)(C)CNC(=O)c2cc(S(C)(=O)=O)ccc2OC(C)C)cc1. The lowest BCUT2D eigenvalue weighted by Gasteiger charge is -2.26. The van der Waals surface area contributed by atoms with Crippen molar-refractivity contribution in [3.63, 3.8) is 0 Å². The number of ether oxygens (including phenoxy) is 1. The first-order valence-electron chi connectivity index (χ1n) is 9.26. The van der Waals surface area contributed by atoms with Crippen LogP contribution in [0.2, 0.25) is 0 Å². The first-order chi connectivity index (χ1) is 12.9. The van der Waals surface area contributed by atoms with Gasteiger partial charge < -0.3 is 10.1 Å². The molecule has 0 aliphatic heterocycles. The van der Waals surface area contributed by atoms with Crippen molar-refractivity contribution in [2.45, 2.75) is 51.0 Å². The Morgan fingerprint density at radius 1 is 1.11 bits per heavy atom. The molecule has 0 unspecified atom stereocenters. The largest absolute Gasteiger partial charge is 0.490 e. The van der Waals surface area contributed by atoms with E-state index in [-0.39, 0.29) is 27.9 Å². The molecular formula is C22H29NO4S. The van der Waals surface area contributed by atoms with E-state index in [1.165, 1.54) is 23.8 Å². The molecule has 0 heterocycles. The van der Waals surface area contributed by atoms with Gasteiger partial charge in [-0.1, -0.05) is 43.7 Å². The first-order valence-corrected chi connectivity index (χ1v) is 11.2. The van der Waals surface area contributed by atoms with Crippen LogP contribution in [0.1, 0.15) is 49.2 Å². The molecular weight excluding hydrogens is 374 g/mol. The van der Waals surface area contributed by atoms with E-state index in [4.69, 9.17) is 4.74 Å². The number of rotatable bonds is 7. The zero-order valence-electron chi connectivity index (χ0n) is 17.4. The molecule has 2 aromatic carbocycles. The molecule has 0 fully saturated rings. The summed E-state index contributed by atoms with van der Waals surface area (Å²) in [6.45, 7) is 10.2. The molecule has 6 heteroatoms. The van der Waals surface area contributed by atoms with Crippen LogP contribution in [0.5, 0.6) is 5.75 Å². The predicted molar refractivity (Wildman–Crippen MR) is 112 cm³/mol. The third kappa shape index (κ3) is 5.58. The molecule has 0 bridgehead atoms. The fourth-order valence-electron chi connectivity index (χ4n) is 2.78. The standard InChI is InChI=1S/C22H29NO4S/c1-15(2)27-20-12-11-18(28(6,25)26)13-19(20)21(24)23-14-22(4,5)17-9-7-16(3)8-10-17/h7-13,15H,14H2,1-6H3,(H,23,24). The van der Waals surface area contributed by atoms with Gasteiger partial charge in [0.2, 0.25) is 0 Å². The van der Waals surface area contributed by atoms with Crippen LogP contribution in [-0.2, 0) is 15.3 Å². The van der Waals surface area contributed by atoms with E-state index >= 15 is 0 Å². The predicted octanol–water partition coefficient (Wildman–Crippen LogP) is 3.89. The Kier molecular flexibility index (Phi) is 6.55. The fourth-order valence-corrected chi connectivity index (χ4v) is 3.42. The summed E-state index contributed by atoms with van der Waals surface area (Å²) in [6, 6.07) is 12.6. The summed E-state index contributed by atoms with van der Waals surface area (Å²) in [5.74, 6) is 0.00868. The summed E-state index contributed by atoms with van der Waals surface area (Å²) in [5.41, 5.74) is 2.23. The van der Waals surface area contributed by atoms with Gasteiger partial charge in [0.05, 0.1) is 16.6 Å². The minimum Gasteiger partial charge on any atom is -0.490 e. The monoisotopic (exact) mass is 403 g/mol. The second kappa shape index (κ2) is 8.35. The van der Waals surface area contributed by atoms with Crippen molar-refractivity contribution in [1.29, 1.82) is 0 Å². The van der Waals surface area contributed by atoms with Crippen molar-refractivity contribution in [2.24, 2.45) is 0 Å². The van der Waals surface area contributed by atoms with Gasteiger partial charge in [0.15, 0.2) is 9.84 Å². The van der Waals surface area contributed by atoms with Gasteiger partial charge in [0.25, 0.3) is 5.91 Å². The van der Waals surface area contributed by atoms with Crippen LogP contribution in [0.25, 0.3) is 0 Å². The molecule has 0 saturated heterocycles. The maximum Gasteiger partial charge on any atom is 0.255 e.